The van der Waals surface area contributed by atoms with E-state index in [0.717, 1.165) is 13.1 Å². The van der Waals surface area contributed by atoms with Gasteiger partial charge in [-0.2, -0.15) is 0 Å². The fourth-order valence-electron chi connectivity index (χ4n) is 2.37. The van der Waals surface area contributed by atoms with Gasteiger partial charge in [-0.25, -0.2) is 0 Å². The van der Waals surface area contributed by atoms with E-state index in [-0.39, 0.29) is 5.54 Å². The van der Waals surface area contributed by atoms with Crippen LogP contribution in [0.1, 0.15) is 5.56 Å². The molecule has 3 rings (SSSR count). The average Bonchev–Trinajstić information content (AvgIpc) is 2.37. The predicted octanol–water partition coefficient (Wildman–Crippen LogP) is 2.11. The first-order valence-electron chi connectivity index (χ1n) is 5.94. The minimum atomic E-state index is -0.202. The second-order valence-electron chi connectivity index (χ2n) is 4.67. The van der Waals surface area contributed by atoms with Crippen LogP contribution in [0.2, 0.25) is 0 Å². The van der Waals surface area contributed by atoms with Gasteiger partial charge in [-0.1, -0.05) is 54.6 Å². The number of hydrogen-bond donors (Lipinski definition) is 2. The minimum Gasteiger partial charge on any atom is -0.319 e. The highest BCUT2D eigenvalue weighted by Gasteiger charge is 2.35. The number of nitrogens with one attached hydrogen (secondary N) is 1. The molecule has 17 heavy (non-hydrogen) atoms. The lowest BCUT2D eigenvalue weighted by atomic mass is 9.81. The summed E-state index contributed by atoms with van der Waals surface area (Å²) in [6.07, 6.45) is 0. The molecule has 0 amide bonds. The third kappa shape index (κ3) is 1.75. The SMILES string of the molecule is NC1(c2ccccc2-c2ccccc2)CNC1. The minimum absolute atomic E-state index is 0.202. The molecule has 2 nitrogen and oxygen atoms in total. The highest BCUT2D eigenvalue weighted by atomic mass is 15.1. The van der Waals surface area contributed by atoms with E-state index in [9.17, 15) is 0 Å². The second kappa shape index (κ2) is 3.99. The van der Waals surface area contributed by atoms with Crippen molar-refractivity contribution in [1.82, 2.24) is 5.32 Å². The molecule has 0 aromatic heterocycles. The van der Waals surface area contributed by atoms with Crippen LogP contribution in [-0.2, 0) is 5.54 Å². The van der Waals surface area contributed by atoms with E-state index in [1.807, 2.05) is 6.07 Å². The maximum atomic E-state index is 6.40. The lowest BCUT2D eigenvalue weighted by Crippen LogP contribution is -2.62. The topological polar surface area (TPSA) is 38.0 Å². The Morgan fingerprint density at radius 3 is 2.18 bits per heavy atom. The molecule has 0 atom stereocenters. The van der Waals surface area contributed by atoms with Crippen LogP contribution in [-0.4, -0.2) is 13.1 Å². The van der Waals surface area contributed by atoms with Gasteiger partial charge in [0.25, 0.3) is 0 Å². The summed E-state index contributed by atoms with van der Waals surface area (Å²) < 4.78 is 0. The van der Waals surface area contributed by atoms with Crippen LogP contribution < -0.4 is 11.1 Å². The molecule has 1 aliphatic rings. The smallest absolute Gasteiger partial charge is 0.0668 e. The molecule has 0 bridgehead atoms. The Balaban J connectivity index is 2.11. The summed E-state index contributed by atoms with van der Waals surface area (Å²) in [5, 5.41) is 3.25. The molecule has 0 spiro atoms. The van der Waals surface area contributed by atoms with Crippen LogP contribution in [0.5, 0.6) is 0 Å². The third-order valence-electron chi connectivity index (χ3n) is 3.43. The first-order chi connectivity index (χ1) is 8.30. The largest absolute Gasteiger partial charge is 0.319 e. The Kier molecular flexibility index (Phi) is 2.46. The highest BCUT2D eigenvalue weighted by Crippen LogP contribution is 2.32. The predicted molar refractivity (Wildman–Crippen MR) is 70.6 cm³/mol. The van der Waals surface area contributed by atoms with Crippen molar-refractivity contribution in [2.24, 2.45) is 5.73 Å². The quantitative estimate of drug-likeness (QED) is 0.820. The number of nitrogens with two attached hydrogens (primary N) is 1. The molecule has 1 fully saturated rings. The summed E-state index contributed by atoms with van der Waals surface area (Å²) >= 11 is 0. The molecule has 86 valence electrons. The Hall–Kier alpha value is -1.64. The average molecular weight is 224 g/mol. The van der Waals surface area contributed by atoms with E-state index >= 15 is 0 Å². The standard InChI is InChI=1S/C15H16N2/c16-15(10-17-11-15)14-9-5-4-8-13(14)12-6-2-1-3-7-12/h1-9,17H,10-11,16H2. The summed E-state index contributed by atoms with van der Waals surface area (Å²) in [4.78, 5) is 0. The fraction of sp³-hybridized carbons (Fsp3) is 0.200. The fourth-order valence-corrected chi connectivity index (χ4v) is 2.37. The van der Waals surface area contributed by atoms with Gasteiger partial charge in [0.1, 0.15) is 0 Å². The summed E-state index contributed by atoms with van der Waals surface area (Å²) in [7, 11) is 0. The van der Waals surface area contributed by atoms with Crippen molar-refractivity contribution in [2.75, 3.05) is 13.1 Å². The number of benzene rings is 2. The molecular weight excluding hydrogens is 208 g/mol. The lowest BCUT2D eigenvalue weighted by molar-refractivity contribution is 0.288. The molecule has 0 aliphatic carbocycles. The van der Waals surface area contributed by atoms with E-state index in [4.69, 9.17) is 5.73 Å². The van der Waals surface area contributed by atoms with Gasteiger partial charge < -0.3 is 11.1 Å². The van der Waals surface area contributed by atoms with E-state index < -0.39 is 0 Å². The maximum absolute atomic E-state index is 6.40. The van der Waals surface area contributed by atoms with E-state index in [1.54, 1.807) is 0 Å². The first-order valence-corrected chi connectivity index (χ1v) is 5.94. The first kappa shape index (κ1) is 10.5. The molecule has 1 saturated heterocycles. The van der Waals surface area contributed by atoms with Gasteiger partial charge >= 0.3 is 0 Å². The summed E-state index contributed by atoms with van der Waals surface area (Å²) in [6, 6.07) is 18.9. The second-order valence-corrected chi connectivity index (χ2v) is 4.67. The van der Waals surface area contributed by atoms with E-state index in [2.05, 4.69) is 53.8 Å². The summed E-state index contributed by atoms with van der Waals surface area (Å²) in [5.41, 5.74) is 9.92. The highest BCUT2D eigenvalue weighted by molar-refractivity contribution is 5.69. The third-order valence-corrected chi connectivity index (χ3v) is 3.43. The van der Waals surface area contributed by atoms with Crippen molar-refractivity contribution in [2.45, 2.75) is 5.54 Å². The molecule has 3 N–H and O–H groups in total. The zero-order valence-corrected chi connectivity index (χ0v) is 9.69. The monoisotopic (exact) mass is 224 g/mol. The van der Waals surface area contributed by atoms with Gasteiger partial charge in [0.05, 0.1) is 5.54 Å². The number of hydrogen-bond acceptors (Lipinski definition) is 2. The van der Waals surface area contributed by atoms with Gasteiger partial charge in [0, 0.05) is 13.1 Å². The van der Waals surface area contributed by atoms with E-state index in [1.165, 1.54) is 16.7 Å². The molecule has 0 saturated carbocycles. The van der Waals surface area contributed by atoms with Gasteiger partial charge in [0.2, 0.25) is 0 Å². The Morgan fingerprint density at radius 1 is 0.882 bits per heavy atom. The van der Waals surface area contributed by atoms with Crippen LogP contribution >= 0.6 is 0 Å². The van der Waals surface area contributed by atoms with Crippen molar-refractivity contribution in [1.29, 1.82) is 0 Å². The molecule has 1 heterocycles. The van der Waals surface area contributed by atoms with Gasteiger partial charge in [-0.3, -0.25) is 0 Å². The van der Waals surface area contributed by atoms with Crippen LogP contribution in [0.15, 0.2) is 54.6 Å². The van der Waals surface area contributed by atoms with Crippen molar-refractivity contribution in [3.63, 3.8) is 0 Å². The summed E-state index contributed by atoms with van der Waals surface area (Å²) in [5.74, 6) is 0. The Morgan fingerprint density at radius 2 is 1.53 bits per heavy atom. The van der Waals surface area contributed by atoms with Crippen molar-refractivity contribution >= 4 is 0 Å². The lowest BCUT2D eigenvalue weighted by Gasteiger charge is -2.40. The zero-order chi connectivity index (χ0) is 11.7. The Labute approximate surface area is 101 Å². The van der Waals surface area contributed by atoms with Crippen molar-refractivity contribution < 1.29 is 0 Å². The number of rotatable bonds is 2. The van der Waals surface area contributed by atoms with Crippen molar-refractivity contribution in [3.05, 3.63) is 60.2 Å². The molecule has 1 aliphatic heterocycles. The normalized spacial score (nSPS) is 17.5. The van der Waals surface area contributed by atoms with Crippen molar-refractivity contribution in [3.8, 4) is 11.1 Å². The van der Waals surface area contributed by atoms with Crippen LogP contribution in [0, 0.1) is 0 Å². The van der Waals surface area contributed by atoms with Crippen LogP contribution in [0.3, 0.4) is 0 Å². The van der Waals surface area contributed by atoms with E-state index in [0.29, 0.717) is 0 Å². The Bertz CT molecular complexity index is 515. The molecule has 2 aromatic rings. The van der Waals surface area contributed by atoms with Gasteiger partial charge in [-0.05, 0) is 16.7 Å². The van der Waals surface area contributed by atoms with Gasteiger partial charge in [-0.15, -0.1) is 0 Å². The molecule has 2 heteroatoms. The molecular formula is C15H16N2. The molecule has 0 unspecified atom stereocenters. The molecule has 0 radical (unpaired) electrons. The van der Waals surface area contributed by atoms with Crippen LogP contribution in [0.4, 0.5) is 0 Å². The van der Waals surface area contributed by atoms with Crippen LogP contribution in [0.25, 0.3) is 11.1 Å². The maximum Gasteiger partial charge on any atom is 0.0668 e. The van der Waals surface area contributed by atoms with Gasteiger partial charge in [0.15, 0.2) is 0 Å². The zero-order valence-electron chi connectivity index (χ0n) is 9.69. The summed E-state index contributed by atoms with van der Waals surface area (Å²) in [6.45, 7) is 1.72. The molecule has 2 aromatic carbocycles.